The number of hydrogen-bond acceptors (Lipinski definition) is 3. The van der Waals surface area contributed by atoms with Crippen LogP contribution in [0.15, 0.2) is 60.7 Å². The van der Waals surface area contributed by atoms with E-state index in [1.807, 2.05) is 36.4 Å². The van der Waals surface area contributed by atoms with Crippen LogP contribution in [0.5, 0.6) is 0 Å². The summed E-state index contributed by atoms with van der Waals surface area (Å²) in [5, 5.41) is 9.29. The molecule has 1 aliphatic heterocycles. The van der Waals surface area contributed by atoms with Crippen LogP contribution in [0.2, 0.25) is 0 Å². The molecule has 0 radical (unpaired) electrons. The van der Waals surface area contributed by atoms with E-state index < -0.39 is 6.61 Å². The fourth-order valence-electron chi connectivity index (χ4n) is 3.35. The molecule has 1 saturated heterocycles. The standard InChI is InChI=1S/C20H24N2O2/c23-16-20(24)22(19-9-5-2-6-10-19)15-18-11-12-21(14-18)13-17-7-3-1-4-8-17/h1-10,18,23H,11-16H2. The maximum atomic E-state index is 12.1. The summed E-state index contributed by atoms with van der Waals surface area (Å²) in [4.78, 5) is 16.3. The Bertz CT molecular complexity index is 645. The third-order valence-corrected chi connectivity index (χ3v) is 4.56. The van der Waals surface area contributed by atoms with E-state index >= 15 is 0 Å². The van der Waals surface area contributed by atoms with Gasteiger partial charge in [0.25, 0.3) is 5.91 Å². The summed E-state index contributed by atoms with van der Waals surface area (Å²) in [7, 11) is 0. The molecule has 126 valence electrons. The number of nitrogens with zero attached hydrogens (tertiary/aromatic N) is 2. The van der Waals surface area contributed by atoms with E-state index in [1.54, 1.807) is 4.90 Å². The number of aliphatic hydroxyl groups excluding tert-OH is 1. The molecular weight excluding hydrogens is 300 g/mol. The Labute approximate surface area is 143 Å². The summed E-state index contributed by atoms with van der Waals surface area (Å²) in [6.07, 6.45) is 1.08. The highest BCUT2D eigenvalue weighted by molar-refractivity contribution is 5.94. The van der Waals surface area contributed by atoms with Gasteiger partial charge in [0.2, 0.25) is 0 Å². The van der Waals surface area contributed by atoms with Crippen LogP contribution in [0.1, 0.15) is 12.0 Å². The van der Waals surface area contributed by atoms with Crippen molar-refractivity contribution in [3.63, 3.8) is 0 Å². The average Bonchev–Trinajstić information content (AvgIpc) is 3.07. The molecule has 1 fully saturated rings. The normalized spacial score (nSPS) is 17.8. The number of carbonyl (C=O) groups excluding carboxylic acids is 1. The minimum absolute atomic E-state index is 0.234. The van der Waals surface area contributed by atoms with Crippen LogP contribution in [-0.2, 0) is 11.3 Å². The molecule has 0 aliphatic carbocycles. The van der Waals surface area contributed by atoms with Gasteiger partial charge in [0.1, 0.15) is 6.61 Å². The van der Waals surface area contributed by atoms with Gasteiger partial charge in [0.05, 0.1) is 0 Å². The average molecular weight is 324 g/mol. The monoisotopic (exact) mass is 324 g/mol. The molecule has 24 heavy (non-hydrogen) atoms. The summed E-state index contributed by atoms with van der Waals surface area (Å²) >= 11 is 0. The lowest BCUT2D eigenvalue weighted by molar-refractivity contribution is -0.121. The highest BCUT2D eigenvalue weighted by Gasteiger charge is 2.26. The molecule has 4 nitrogen and oxygen atoms in total. The number of hydrogen-bond donors (Lipinski definition) is 1. The third kappa shape index (κ3) is 4.22. The van der Waals surface area contributed by atoms with Crippen molar-refractivity contribution in [3.05, 3.63) is 66.2 Å². The zero-order chi connectivity index (χ0) is 16.8. The van der Waals surface area contributed by atoms with E-state index in [0.29, 0.717) is 12.5 Å². The van der Waals surface area contributed by atoms with Crippen molar-refractivity contribution >= 4 is 11.6 Å². The molecule has 1 aliphatic rings. The molecule has 0 spiro atoms. The quantitative estimate of drug-likeness (QED) is 0.888. The lowest BCUT2D eigenvalue weighted by Gasteiger charge is -2.25. The second kappa shape index (κ2) is 8.08. The van der Waals surface area contributed by atoms with Gasteiger partial charge in [0.15, 0.2) is 0 Å². The molecule has 1 amide bonds. The van der Waals surface area contributed by atoms with Crippen molar-refractivity contribution < 1.29 is 9.90 Å². The Morgan fingerprint density at radius 1 is 1.08 bits per heavy atom. The summed E-state index contributed by atoms with van der Waals surface area (Å²) in [5.74, 6) is 0.201. The second-order valence-electron chi connectivity index (χ2n) is 6.37. The molecule has 0 aromatic heterocycles. The van der Waals surface area contributed by atoms with E-state index in [0.717, 1.165) is 31.7 Å². The molecule has 1 atom stereocenters. The Hall–Kier alpha value is -2.17. The first kappa shape index (κ1) is 16.7. The summed E-state index contributed by atoms with van der Waals surface area (Å²) in [5.41, 5.74) is 2.18. The minimum Gasteiger partial charge on any atom is -0.387 e. The molecular formula is C20H24N2O2. The van der Waals surface area contributed by atoms with Crippen molar-refractivity contribution in [3.8, 4) is 0 Å². The topological polar surface area (TPSA) is 43.8 Å². The van der Waals surface area contributed by atoms with Crippen LogP contribution in [-0.4, -0.2) is 42.2 Å². The third-order valence-electron chi connectivity index (χ3n) is 4.56. The first-order valence-electron chi connectivity index (χ1n) is 8.49. The van der Waals surface area contributed by atoms with Crippen LogP contribution in [0.3, 0.4) is 0 Å². The molecule has 1 heterocycles. The number of anilines is 1. The molecule has 0 bridgehead atoms. The first-order valence-corrected chi connectivity index (χ1v) is 8.49. The van der Waals surface area contributed by atoms with Crippen molar-refractivity contribution in [1.29, 1.82) is 0 Å². The fourth-order valence-corrected chi connectivity index (χ4v) is 3.35. The van der Waals surface area contributed by atoms with Gasteiger partial charge in [-0.3, -0.25) is 9.69 Å². The van der Waals surface area contributed by atoms with Gasteiger partial charge in [-0.2, -0.15) is 0 Å². The smallest absolute Gasteiger partial charge is 0.252 e. The Balaban J connectivity index is 1.61. The van der Waals surface area contributed by atoms with Crippen LogP contribution in [0.25, 0.3) is 0 Å². The number of aliphatic hydroxyl groups is 1. The Morgan fingerprint density at radius 2 is 1.75 bits per heavy atom. The number of carbonyl (C=O) groups is 1. The second-order valence-corrected chi connectivity index (χ2v) is 6.37. The van der Waals surface area contributed by atoms with Gasteiger partial charge in [0, 0.05) is 25.3 Å². The molecule has 2 aromatic rings. The van der Waals surface area contributed by atoms with E-state index in [1.165, 1.54) is 5.56 Å². The molecule has 3 rings (SSSR count). The van der Waals surface area contributed by atoms with Crippen LogP contribution < -0.4 is 4.90 Å². The number of rotatable bonds is 6. The van der Waals surface area contributed by atoms with Gasteiger partial charge < -0.3 is 10.0 Å². The van der Waals surface area contributed by atoms with Gasteiger partial charge in [-0.15, -0.1) is 0 Å². The molecule has 4 heteroatoms. The summed E-state index contributed by atoms with van der Waals surface area (Å²) < 4.78 is 0. The maximum absolute atomic E-state index is 12.1. The fraction of sp³-hybridized carbons (Fsp3) is 0.350. The van der Waals surface area contributed by atoms with Gasteiger partial charge in [-0.05, 0) is 36.6 Å². The number of likely N-dealkylation sites (tertiary alicyclic amines) is 1. The SMILES string of the molecule is O=C(CO)N(CC1CCN(Cc2ccccc2)C1)c1ccccc1. The summed E-state index contributed by atoms with van der Waals surface area (Å²) in [6, 6.07) is 20.1. The zero-order valence-corrected chi connectivity index (χ0v) is 13.8. The number of amides is 1. The number of para-hydroxylation sites is 1. The van der Waals surface area contributed by atoms with Crippen molar-refractivity contribution in [1.82, 2.24) is 4.90 Å². The van der Waals surface area contributed by atoms with E-state index in [2.05, 4.69) is 29.2 Å². The lowest BCUT2D eigenvalue weighted by atomic mass is 10.1. The molecule has 1 N–H and O–H groups in total. The van der Waals surface area contributed by atoms with E-state index in [-0.39, 0.29) is 5.91 Å². The Morgan fingerprint density at radius 3 is 2.42 bits per heavy atom. The number of benzene rings is 2. The Kier molecular flexibility index (Phi) is 5.62. The molecule has 2 aromatic carbocycles. The first-order chi connectivity index (χ1) is 11.8. The van der Waals surface area contributed by atoms with E-state index in [9.17, 15) is 9.90 Å². The predicted octanol–water partition coefficient (Wildman–Crippen LogP) is 2.53. The minimum atomic E-state index is -0.449. The van der Waals surface area contributed by atoms with Crippen LogP contribution in [0.4, 0.5) is 5.69 Å². The van der Waals surface area contributed by atoms with Crippen molar-refractivity contribution in [2.24, 2.45) is 5.92 Å². The van der Waals surface area contributed by atoms with Crippen LogP contribution in [0, 0.1) is 5.92 Å². The molecule has 0 saturated carbocycles. The van der Waals surface area contributed by atoms with Gasteiger partial charge in [-0.25, -0.2) is 0 Å². The van der Waals surface area contributed by atoms with Crippen molar-refractivity contribution in [2.45, 2.75) is 13.0 Å². The zero-order valence-electron chi connectivity index (χ0n) is 13.8. The summed E-state index contributed by atoms with van der Waals surface area (Å²) in [6.45, 7) is 3.20. The largest absolute Gasteiger partial charge is 0.387 e. The molecule has 1 unspecified atom stereocenters. The highest BCUT2D eigenvalue weighted by Crippen LogP contribution is 2.23. The lowest BCUT2D eigenvalue weighted by Crippen LogP contribution is -2.38. The predicted molar refractivity (Wildman–Crippen MR) is 95.7 cm³/mol. The maximum Gasteiger partial charge on any atom is 0.252 e. The van der Waals surface area contributed by atoms with E-state index in [4.69, 9.17) is 0 Å². The van der Waals surface area contributed by atoms with Gasteiger partial charge in [-0.1, -0.05) is 48.5 Å². The van der Waals surface area contributed by atoms with Crippen LogP contribution >= 0.6 is 0 Å². The highest BCUT2D eigenvalue weighted by atomic mass is 16.3. The van der Waals surface area contributed by atoms with Crippen molar-refractivity contribution in [2.75, 3.05) is 31.1 Å². The van der Waals surface area contributed by atoms with Gasteiger partial charge >= 0.3 is 0 Å².